The molecule has 0 spiro atoms. The number of nitrogens with zero attached hydrogens (tertiary/aromatic N) is 3. The summed E-state index contributed by atoms with van der Waals surface area (Å²) in [6, 6.07) is 12.2. The Labute approximate surface area is 161 Å². The summed E-state index contributed by atoms with van der Waals surface area (Å²) in [5.41, 5.74) is 0.791. The van der Waals surface area contributed by atoms with Crippen molar-refractivity contribution in [1.82, 2.24) is 10.2 Å². The topological polar surface area (TPSA) is 122 Å². The quantitative estimate of drug-likeness (QED) is 0.266. The smallest absolute Gasteiger partial charge is 0.281 e. The molecule has 0 radical (unpaired) electrons. The van der Waals surface area contributed by atoms with E-state index < -0.39 is 10.9 Å². The molecular weight excluding hydrogens is 394 g/mol. The summed E-state index contributed by atoms with van der Waals surface area (Å²) >= 11 is 6.51. The van der Waals surface area contributed by atoms with E-state index in [-0.39, 0.29) is 21.7 Å². The van der Waals surface area contributed by atoms with Crippen LogP contribution in [-0.2, 0) is 4.79 Å². The van der Waals surface area contributed by atoms with E-state index in [1.807, 2.05) is 0 Å². The Kier molecular flexibility index (Phi) is 5.53. The van der Waals surface area contributed by atoms with Crippen LogP contribution in [0.15, 0.2) is 63.1 Å². The van der Waals surface area contributed by atoms with E-state index in [0.29, 0.717) is 27.9 Å². The third-order valence-corrected chi connectivity index (χ3v) is 4.37. The van der Waals surface area contributed by atoms with Crippen LogP contribution in [0.2, 0.25) is 5.02 Å². The van der Waals surface area contributed by atoms with E-state index in [1.165, 1.54) is 30.3 Å². The van der Waals surface area contributed by atoms with Gasteiger partial charge in [0.05, 0.1) is 10.9 Å². The Balaban J connectivity index is 1.85. The first-order valence-electron chi connectivity index (χ1n) is 7.37. The molecule has 0 unspecified atom stereocenters. The summed E-state index contributed by atoms with van der Waals surface area (Å²) in [4.78, 5) is 21.4. The third-order valence-electron chi connectivity index (χ3n) is 3.27. The number of halogens is 1. The van der Waals surface area contributed by atoms with Crippen LogP contribution < -0.4 is 5.11 Å². The van der Waals surface area contributed by atoms with Gasteiger partial charge in [-0.1, -0.05) is 23.7 Å². The van der Waals surface area contributed by atoms with Gasteiger partial charge in [0.1, 0.15) is 0 Å². The highest BCUT2D eigenvalue weighted by Gasteiger charge is 2.13. The van der Waals surface area contributed by atoms with Crippen LogP contribution in [0.4, 0.5) is 5.69 Å². The highest BCUT2D eigenvalue weighted by molar-refractivity contribution is 8.03. The van der Waals surface area contributed by atoms with Crippen molar-refractivity contribution in [3.05, 3.63) is 74.1 Å². The SMILES string of the molecule is O=C([O-])/C(=C/c1cccc([N+](=O)[O-])c1)Sc1nnc(-c2ccc(Cl)cc2)o1. The van der Waals surface area contributed by atoms with Crippen LogP contribution in [-0.4, -0.2) is 21.1 Å². The zero-order chi connectivity index (χ0) is 19.4. The molecule has 0 aliphatic rings. The van der Waals surface area contributed by atoms with Crippen molar-refractivity contribution in [3.8, 4) is 11.5 Å². The summed E-state index contributed by atoms with van der Waals surface area (Å²) < 4.78 is 5.45. The van der Waals surface area contributed by atoms with Gasteiger partial charge in [-0.15, -0.1) is 10.2 Å². The number of carboxylic acid groups (broad SMARTS) is 1. The average Bonchev–Trinajstić information content (AvgIpc) is 3.10. The fourth-order valence-corrected chi connectivity index (χ4v) is 2.86. The molecule has 10 heteroatoms. The number of nitro benzene ring substituents is 1. The van der Waals surface area contributed by atoms with Gasteiger partial charge in [0.25, 0.3) is 10.9 Å². The minimum absolute atomic E-state index is 0.0131. The summed E-state index contributed by atoms with van der Waals surface area (Å²) in [5, 5.41) is 30.4. The van der Waals surface area contributed by atoms with Crippen molar-refractivity contribution < 1.29 is 19.2 Å². The Morgan fingerprint density at radius 1 is 1.19 bits per heavy atom. The van der Waals surface area contributed by atoms with E-state index in [0.717, 1.165) is 0 Å². The van der Waals surface area contributed by atoms with Gasteiger partial charge in [0, 0.05) is 27.6 Å². The largest absolute Gasteiger partial charge is 0.544 e. The summed E-state index contributed by atoms with van der Waals surface area (Å²) in [6.45, 7) is 0. The van der Waals surface area contributed by atoms with Crippen molar-refractivity contribution >= 4 is 41.1 Å². The van der Waals surface area contributed by atoms with Crippen LogP contribution in [0.3, 0.4) is 0 Å². The highest BCUT2D eigenvalue weighted by atomic mass is 35.5. The molecule has 0 N–H and O–H groups in total. The number of rotatable bonds is 6. The maximum atomic E-state index is 11.4. The molecule has 0 atom stereocenters. The molecule has 8 nitrogen and oxygen atoms in total. The van der Waals surface area contributed by atoms with E-state index in [4.69, 9.17) is 16.0 Å². The molecule has 1 heterocycles. The number of hydrogen-bond acceptors (Lipinski definition) is 8. The normalized spacial score (nSPS) is 11.4. The van der Waals surface area contributed by atoms with E-state index >= 15 is 0 Å². The van der Waals surface area contributed by atoms with Crippen molar-refractivity contribution in [3.63, 3.8) is 0 Å². The molecule has 3 rings (SSSR count). The molecule has 1 aromatic heterocycles. The second-order valence-corrected chi connectivity index (χ2v) is 6.56. The maximum Gasteiger partial charge on any atom is 0.281 e. The van der Waals surface area contributed by atoms with Gasteiger partial charge in [-0.05, 0) is 47.7 Å². The Morgan fingerprint density at radius 3 is 2.59 bits per heavy atom. The number of thioether (sulfide) groups is 1. The second-order valence-electron chi connectivity index (χ2n) is 5.13. The number of hydrogen-bond donors (Lipinski definition) is 0. The van der Waals surface area contributed by atoms with Crippen LogP contribution in [0.5, 0.6) is 0 Å². The van der Waals surface area contributed by atoms with Gasteiger partial charge < -0.3 is 14.3 Å². The van der Waals surface area contributed by atoms with E-state index in [9.17, 15) is 20.0 Å². The number of benzene rings is 2. The summed E-state index contributed by atoms with van der Waals surface area (Å²) in [5.74, 6) is -1.28. The lowest BCUT2D eigenvalue weighted by Gasteiger charge is -2.05. The monoisotopic (exact) mass is 402 g/mol. The Hall–Kier alpha value is -3.17. The first-order valence-corrected chi connectivity index (χ1v) is 8.56. The van der Waals surface area contributed by atoms with Crippen molar-refractivity contribution in [2.75, 3.05) is 0 Å². The van der Waals surface area contributed by atoms with Crippen LogP contribution in [0.1, 0.15) is 5.56 Å². The number of nitro groups is 1. The number of carboxylic acids is 1. The lowest BCUT2D eigenvalue weighted by molar-refractivity contribution is -0.384. The Morgan fingerprint density at radius 2 is 1.93 bits per heavy atom. The van der Waals surface area contributed by atoms with Gasteiger partial charge in [-0.25, -0.2) is 0 Å². The summed E-state index contributed by atoms with van der Waals surface area (Å²) in [7, 11) is 0. The molecule has 0 saturated heterocycles. The van der Waals surface area contributed by atoms with E-state index in [1.54, 1.807) is 24.3 Å². The molecule has 0 saturated carbocycles. The number of non-ortho nitro benzene ring substituents is 1. The van der Waals surface area contributed by atoms with Crippen molar-refractivity contribution in [2.45, 2.75) is 5.22 Å². The molecule has 27 heavy (non-hydrogen) atoms. The van der Waals surface area contributed by atoms with Gasteiger partial charge in [-0.2, -0.15) is 0 Å². The van der Waals surface area contributed by atoms with Gasteiger partial charge >= 0.3 is 0 Å². The fraction of sp³-hybridized carbons (Fsp3) is 0. The zero-order valence-corrected chi connectivity index (χ0v) is 14.9. The average molecular weight is 403 g/mol. The molecule has 0 aliphatic heterocycles. The van der Waals surface area contributed by atoms with Gasteiger partial charge in [-0.3, -0.25) is 10.1 Å². The maximum absolute atomic E-state index is 11.4. The first kappa shape index (κ1) is 18.6. The molecule has 0 bridgehead atoms. The number of aromatic nitrogens is 2. The summed E-state index contributed by atoms with van der Waals surface area (Å²) in [6.07, 6.45) is 1.24. The minimum atomic E-state index is -1.47. The molecular formula is C17H9ClN3O5S-. The first-order chi connectivity index (χ1) is 12.9. The molecule has 0 fully saturated rings. The number of aliphatic carboxylic acids is 1. The predicted molar refractivity (Wildman–Crippen MR) is 96.7 cm³/mol. The second kappa shape index (κ2) is 8.02. The number of carbonyl (C=O) groups excluding carboxylic acids is 1. The third kappa shape index (κ3) is 4.72. The van der Waals surface area contributed by atoms with E-state index in [2.05, 4.69) is 10.2 Å². The lowest BCUT2D eigenvalue weighted by Crippen LogP contribution is -2.23. The predicted octanol–water partition coefficient (Wildman–Crippen LogP) is 3.18. The molecule has 2 aromatic carbocycles. The lowest BCUT2D eigenvalue weighted by atomic mass is 10.2. The van der Waals surface area contributed by atoms with Crippen LogP contribution in [0.25, 0.3) is 17.5 Å². The number of carbonyl (C=O) groups is 1. The standard InChI is InChI=1S/C17H10ClN3O5S/c18-12-6-4-11(5-7-12)15-19-20-17(26-15)27-14(16(22)23)9-10-2-1-3-13(8-10)21(24)25/h1-9H,(H,22,23)/p-1/b14-9-. The highest BCUT2D eigenvalue weighted by Crippen LogP contribution is 2.30. The van der Waals surface area contributed by atoms with Gasteiger partial charge in [0.2, 0.25) is 5.89 Å². The minimum Gasteiger partial charge on any atom is -0.544 e. The fourth-order valence-electron chi connectivity index (χ4n) is 2.06. The molecule has 136 valence electrons. The van der Waals surface area contributed by atoms with Gasteiger partial charge in [0.15, 0.2) is 0 Å². The van der Waals surface area contributed by atoms with Crippen LogP contribution >= 0.6 is 23.4 Å². The molecule has 3 aromatic rings. The van der Waals surface area contributed by atoms with Crippen molar-refractivity contribution in [1.29, 1.82) is 0 Å². The Bertz CT molecular complexity index is 1030. The van der Waals surface area contributed by atoms with Crippen LogP contribution in [0, 0.1) is 10.1 Å². The van der Waals surface area contributed by atoms with Crippen molar-refractivity contribution in [2.24, 2.45) is 0 Å². The zero-order valence-electron chi connectivity index (χ0n) is 13.4. The molecule has 0 amide bonds. The molecule has 0 aliphatic carbocycles.